The van der Waals surface area contributed by atoms with E-state index in [1.54, 1.807) is 6.07 Å². The number of rotatable bonds is 6. The number of aryl methyl sites for hydroxylation is 1. The van der Waals surface area contributed by atoms with Gasteiger partial charge in [0.2, 0.25) is 0 Å². The van der Waals surface area contributed by atoms with Gasteiger partial charge in [-0.05, 0) is 42.5 Å². The first-order valence-corrected chi connectivity index (χ1v) is 10.4. The fraction of sp³-hybridized carbons (Fsp3) is 0.458. The summed E-state index contributed by atoms with van der Waals surface area (Å²) in [5, 5.41) is 3.30. The summed E-state index contributed by atoms with van der Waals surface area (Å²) in [5.41, 5.74) is 1.78. The number of carbonyl (C=O) groups excluding carboxylic acids is 1. The number of hydrogen-bond acceptors (Lipinski definition) is 2. The van der Waals surface area contributed by atoms with Crippen molar-refractivity contribution in [2.45, 2.75) is 32.9 Å². The molecule has 30 heavy (non-hydrogen) atoms. The van der Waals surface area contributed by atoms with Crippen LogP contribution in [0.25, 0.3) is 0 Å². The van der Waals surface area contributed by atoms with Crippen LogP contribution in [-0.4, -0.2) is 37.0 Å². The Balaban J connectivity index is 1.81. The minimum atomic E-state index is -4.36. The highest BCUT2D eigenvalue weighted by molar-refractivity contribution is 5.94. The number of nitrogens with one attached hydrogen (secondary N) is 1. The molecule has 162 valence electrons. The van der Waals surface area contributed by atoms with Gasteiger partial charge in [-0.15, -0.1) is 0 Å². The lowest BCUT2D eigenvalue weighted by Crippen LogP contribution is -2.39. The van der Waals surface area contributed by atoms with Gasteiger partial charge in [0.05, 0.1) is 5.56 Å². The third-order valence-electron chi connectivity index (χ3n) is 5.61. The molecule has 1 amide bonds. The third-order valence-corrected chi connectivity index (χ3v) is 5.61. The van der Waals surface area contributed by atoms with E-state index in [1.807, 2.05) is 36.1 Å². The Labute approximate surface area is 176 Å². The highest BCUT2D eigenvalue weighted by atomic mass is 19.4. The molecule has 0 saturated carbocycles. The number of amides is 1. The SMILES string of the molecule is Cc1ccc(C(=O)N(CC(C)C)CC2CNCC2c2cccc(C(F)(F)F)c2)cc1. The summed E-state index contributed by atoms with van der Waals surface area (Å²) in [7, 11) is 0. The number of benzene rings is 2. The fourth-order valence-corrected chi connectivity index (χ4v) is 4.10. The minimum absolute atomic E-state index is 0.0293. The third kappa shape index (κ3) is 5.42. The molecule has 2 aromatic rings. The predicted octanol–water partition coefficient (Wildman–Crippen LogP) is 5.12. The average Bonchev–Trinajstić information content (AvgIpc) is 3.15. The highest BCUT2D eigenvalue weighted by Gasteiger charge is 2.35. The maximum absolute atomic E-state index is 13.2. The molecule has 1 N–H and O–H groups in total. The van der Waals surface area contributed by atoms with Crippen molar-refractivity contribution >= 4 is 5.91 Å². The summed E-state index contributed by atoms with van der Waals surface area (Å²) in [6.07, 6.45) is -4.36. The lowest BCUT2D eigenvalue weighted by molar-refractivity contribution is -0.137. The second kappa shape index (κ2) is 9.21. The summed E-state index contributed by atoms with van der Waals surface area (Å²) >= 11 is 0. The molecule has 0 spiro atoms. The van der Waals surface area contributed by atoms with Crippen LogP contribution >= 0.6 is 0 Å². The van der Waals surface area contributed by atoms with Crippen LogP contribution in [0.3, 0.4) is 0 Å². The van der Waals surface area contributed by atoms with Gasteiger partial charge in [-0.25, -0.2) is 0 Å². The Morgan fingerprint density at radius 1 is 1.13 bits per heavy atom. The van der Waals surface area contributed by atoms with Crippen LogP contribution in [0.15, 0.2) is 48.5 Å². The van der Waals surface area contributed by atoms with Crippen molar-refractivity contribution in [3.8, 4) is 0 Å². The molecule has 6 heteroatoms. The first-order chi connectivity index (χ1) is 14.1. The smallest absolute Gasteiger partial charge is 0.338 e. The summed E-state index contributed by atoms with van der Waals surface area (Å²) in [6, 6.07) is 13.1. The summed E-state index contributed by atoms with van der Waals surface area (Å²) in [6.45, 7) is 8.51. The van der Waals surface area contributed by atoms with E-state index in [9.17, 15) is 18.0 Å². The molecule has 3 nitrogen and oxygen atoms in total. The number of halogens is 3. The van der Waals surface area contributed by atoms with Crippen LogP contribution in [0.5, 0.6) is 0 Å². The predicted molar refractivity (Wildman–Crippen MR) is 112 cm³/mol. The van der Waals surface area contributed by atoms with Crippen molar-refractivity contribution in [2.24, 2.45) is 11.8 Å². The van der Waals surface area contributed by atoms with Gasteiger partial charge in [0, 0.05) is 37.7 Å². The average molecular weight is 419 g/mol. The van der Waals surface area contributed by atoms with Gasteiger partial charge in [-0.3, -0.25) is 4.79 Å². The zero-order chi connectivity index (χ0) is 21.9. The Bertz CT molecular complexity index is 861. The zero-order valence-electron chi connectivity index (χ0n) is 17.7. The normalized spacial score (nSPS) is 19.3. The zero-order valence-corrected chi connectivity index (χ0v) is 17.7. The molecule has 1 heterocycles. The van der Waals surface area contributed by atoms with Gasteiger partial charge < -0.3 is 10.2 Å². The van der Waals surface area contributed by atoms with Crippen molar-refractivity contribution in [3.05, 3.63) is 70.8 Å². The topological polar surface area (TPSA) is 32.3 Å². The van der Waals surface area contributed by atoms with Crippen molar-refractivity contribution in [1.29, 1.82) is 0 Å². The van der Waals surface area contributed by atoms with Gasteiger partial charge in [-0.2, -0.15) is 13.2 Å². The van der Waals surface area contributed by atoms with E-state index in [0.29, 0.717) is 43.2 Å². The molecule has 1 aliphatic rings. The monoisotopic (exact) mass is 418 g/mol. The molecule has 1 fully saturated rings. The van der Waals surface area contributed by atoms with Crippen LogP contribution in [0, 0.1) is 18.8 Å². The Morgan fingerprint density at radius 3 is 2.47 bits per heavy atom. The molecule has 0 radical (unpaired) electrons. The first kappa shape index (κ1) is 22.3. The molecule has 2 aromatic carbocycles. The van der Waals surface area contributed by atoms with Gasteiger partial charge in [0.1, 0.15) is 0 Å². The van der Waals surface area contributed by atoms with Crippen LogP contribution in [0.1, 0.15) is 46.8 Å². The first-order valence-electron chi connectivity index (χ1n) is 10.4. The molecule has 3 rings (SSSR count). The number of nitrogens with zero attached hydrogens (tertiary/aromatic N) is 1. The van der Waals surface area contributed by atoms with E-state index < -0.39 is 11.7 Å². The van der Waals surface area contributed by atoms with Gasteiger partial charge >= 0.3 is 6.18 Å². The van der Waals surface area contributed by atoms with E-state index in [1.165, 1.54) is 12.1 Å². The number of alkyl halides is 3. The number of hydrogen-bond donors (Lipinski definition) is 1. The highest BCUT2D eigenvalue weighted by Crippen LogP contribution is 2.34. The van der Waals surface area contributed by atoms with Gasteiger partial charge in [0.15, 0.2) is 0 Å². The molecule has 2 unspecified atom stereocenters. The number of carbonyl (C=O) groups is 1. The quantitative estimate of drug-likeness (QED) is 0.707. The van der Waals surface area contributed by atoms with Crippen molar-refractivity contribution < 1.29 is 18.0 Å². The van der Waals surface area contributed by atoms with E-state index in [-0.39, 0.29) is 17.7 Å². The Hall–Kier alpha value is -2.34. The van der Waals surface area contributed by atoms with Crippen LogP contribution in [-0.2, 0) is 6.18 Å². The van der Waals surface area contributed by atoms with Gasteiger partial charge in [0.25, 0.3) is 5.91 Å². The Morgan fingerprint density at radius 2 is 1.83 bits per heavy atom. The van der Waals surface area contributed by atoms with Crippen molar-refractivity contribution in [2.75, 3.05) is 26.2 Å². The van der Waals surface area contributed by atoms with Crippen molar-refractivity contribution in [3.63, 3.8) is 0 Å². The lowest BCUT2D eigenvalue weighted by Gasteiger charge is -2.30. The van der Waals surface area contributed by atoms with E-state index in [2.05, 4.69) is 19.2 Å². The van der Waals surface area contributed by atoms with Crippen molar-refractivity contribution in [1.82, 2.24) is 10.2 Å². The summed E-state index contributed by atoms with van der Waals surface area (Å²) < 4.78 is 39.5. The molecule has 1 aliphatic heterocycles. The van der Waals surface area contributed by atoms with E-state index >= 15 is 0 Å². The van der Waals surface area contributed by atoms with Crippen LogP contribution in [0.4, 0.5) is 13.2 Å². The molecule has 0 bridgehead atoms. The lowest BCUT2D eigenvalue weighted by atomic mass is 9.87. The maximum Gasteiger partial charge on any atom is 0.416 e. The molecule has 1 saturated heterocycles. The Kier molecular flexibility index (Phi) is 6.86. The fourth-order valence-electron chi connectivity index (χ4n) is 4.10. The molecule has 2 atom stereocenters. The van der Waals surface area contributed by atoms with E-state index in [0.717, 1.165) is 11.6 Å². The second-order valence-corrected chi connectivity index (χ2v) is 8.62. The molecule has 0 aromatic heterocycles. The molecule has 0 aliphatic carbocycles. The maximum atomic E-state index is 13.2. The summed E-state index contributed by atoms with van der Waals surface area (Å²) in [4.78, 5) is 15.0. The van der Waals surface area contributed by atoms with Crippen LogP contribution in [0.2, 0.25) is 0 Å². The van der Waals surface area contributed by atoms with Crippen LogP contribution < -0.4 is 5.32 Å². The standard InChI is InChI=1S/C24H29F3N2O/c1-16(2)14-29(23(30)18-9-7-17(3)8-10-18)15-20-12-28-13-22(20)19-5-4-6-21(11-19)24(25,26)27/h4-11,16,20,22,28H,12-15H2,1-3H3. The second-order valence-electron chi connectivity index (χ2n) is 8.62. The molecular formula is C24H29F3N2O. The molecular weight excluding hydrogens is 389 g/mol. The largest absolute Gasteiger partial charge is 0.416 e. The summed E-state index contributed by atoms with van der Waals surface area (Å²) in [5.74, 6) is 0.258. The minimum Gasteiger partial charge on any atom is -0.338 e. The van der Waals surface area contributed by atoms with Gasteiger partial charge in [-0.1, -0.05) is 49.7 Å². The van der Waals surface area contributed by atoms with E-state index in [4.69, 9.17) is 0 Å².